The highest BCUT2D eigenvalue weighted by atomic mass is 32.1. The number of piperidine rings is 1. The second-order valence-electron chi connectivity index (χ2n) is 8.34. The fourth-order valence-corrected chi connectivity index (χ4v) is 4.58. The summed E-state index contributed by atoms with van der Waals surface area (Å²) < 4.78 is 1.87. The number of nitrogens with one attached hydrogen (secondary N) is 1. The van der Waals surface area contributed by atoms with Crippen LogP contribution < -0.4 is 10.2 Å². The number of imidazole rings is 1. The molecule has 1 fully saturated rings. The summed E-state index contributed by atoms with van der Waals surface area (Å²) in [5.41, 5.74) is 3.30. The SMILES string of the molecule is Cc1ccc(-c2cn3nc(N4CCC(C(=O)NCCC(C)C)CC4)sc3n2)cc1. The number of anilines is 1. The van der Waals surface area contributed by atoms with Crippen LogP contribution in [0.3, 0.4) is 0 Å². The van der Waals surface area contributed by atoms with Crippen molar-refractivity contribution < 1.29 is 4.79 Å². The number of benzene rings is 1. The van der Waals surface area contributed by atoms with E-state index in [1.807, 2.05) is 10.7 Å². The Hall–Kier alpha value is -2.41. The fraction of sp³-hybridized carbons (Fsp3) is 0.500. The van der Waals surface area contributed by atoms with E-state index in [-0.39, 0.29) is 11.8 Å². The van der Waals surface area contributed by atoms with Gasteiger partial charge in [-0.25, -0.2) is 9.50 Å². The van der Waals surface area contributed by atoms with Crippen molar-refractivity contribution in [3.63, 3.8) is 0 Å². The van der Waals surface area contributed by atoms with Gasteiger partial charge in [0.05, 0.1) is 11.9 Å². The zero-order valence-corrected chi connectivity index (χ0v) is 18.2. The number of aromatic nitrogens is 3. The molecule has 1 amide bonds. The summed E-state index contributed by atoms with van der Waals surface area (Å²) in [6, 6.07) is 8.40. The topological polar surface area (TPSA) is 62.5 Å². The van der Waals surface area contributed by atoms with E-state index in [9.17, 15) is 4.79 Å². The van der Waals surface area contributed by atoms with Gasteiger partial charge >= 0.3 is 0 Å². The monoisotopic (exact) mass is 411 g/mol. The zero-order chi connectivity index (χ0) is 20.4. The standard InChI is InChI=1S/C22H29N5OS/c1-15(2)8-11-23-20(28)18-9-12-26(13-10-18)22-25-27-14-19(24-21(27)29-22)17-6-4-16(3)5-7-17/h4-7,14-15,18H,8-13H2,1-3H3,(H,23,28). The van der Waals surface area contributed by atoms with E-state index in [1.54, 1.807) is 11.3 Å². The third kappa shape index (κ3) is 4.61. The van der Waals surface area contributed by atoms with E-state index in [4.69, 9.17) is 10.1 Å². The highest BCUT2D eigenvalue weighted by Crippen LogP contribution is 2.29. The van der Waals surface area contributed by atoms with Crippen molar-refractivity contribution in [2.45, 2.75) is 40.0 Å². The molecule has 0 radical (unpaired) electrons. The lowest BCUT2D eigenvalue weighted by atomic mass is 9.96. The maximum Gasteiger partial charge on any atom is 0.223 e. The minimum Gasteiger partial charge on any atom is -0.356 e. The van der Waals surface area contributed by atoms with E-state index in [2.05, 4.69) is 55.3 Å². The van der Waals surface area contributed by atoms with Gasteiger partial charge in [0.15, 0.2) is 0 Å². The van der Waals surface area contributed by atoms with Crippen LogP contribution in [-0.2, 0) is 4.79 Å². The third-order valence-electron chi connectivity index (χ3n) is 5.54. The Balaban J connectivity index is 1.35. The molecule has 0 saturated carbocycles. The van der Waals surface area contributed by atoms with Crippen LogP contribution in [0.15, 0.2) is 30.5 Å². The smallest absolute Gasteiger partial charge is 0.223 e. The molecule has 154 valence electrons. The average Bonchev–Trinajstić information content (AvgIpc) is 3.27. The number of hydrogen-bond donors (Lipinski definition) is 1. The van der Waals surface area contributed by atoms with Crippen LogP contribution >= 0.6 is 11.3 Å². The van der Waals surface area contributed by atoms with Gasteiger partial charge in [-0.05, 0) is 32.1 Å². The van der Waals surface area contributed by atoms with Crippen LogP contribution in [0.2, 0.25) is 0 Å². The predicted octanol–water partition coefficient (Wildman–Crippen LogP) is 4.14. The van der Waals surface area contributed by atoms with Crippen LogP contribution in [0.5, 0.6) is 0 Å². The fourth-order valence-electron chi connectivity index (χ4n) is 3.64. The van der Waals surface area contributed by atoms with Crippen LogP contribution in [-0.4, -0.2) is 40.1 Å². The first-order valence-corrected chi connectivity index (χ1v) is 11.3. The average molecular weight is 412 g/mol. The van der Waals surface area contributed by atoms with Crippen molar-refractivity contribution in [3.8, 4) is 11.3 Å². The van der Waals surface area contributed by atoms with Crippen LogP contribution in [0, 0.1) is 18.8 Å². The van der Waals surface area contributed by atoms with E-state index in [0.717, 1.165) is 60.2 Å². The molecule has 1 aliphatic rings. The first-order valence-electron chi connectivity index (χ1n) is 10.5. The van der Waals surface area contributed by atoms with Crippen molar-refractivity contribution >= 4 is 27.3 Å². The lowest BCUT2D eigenvalue weighted by molar-refractivity contribution is -0.125. The molecule has 0 bridgehead atoms. The van der Waals surface area contributed by atoms with E-state index in [1.165, 1.54) is 5.56 Å². The van der Waals surface area contributed by atoms with Crippen LogP contribution in [0.1, 0.15) is 38.7 Å². The number of aryl methyl sites for hydroxylation is 1. The van der Waals surface area contributed by atoms with Gasteiger partial charge in [0, 0.05) is 31.1 Å². The van der Waals surface area contributed by atoms with E-state index < -0.39 is 0 Å². The first-order chi connectivity index (χ1) is 14.0. The van der Waals surface area contributed by atoms with Gasteiger partial charge in [-0.1, -0.05) is 55.0 Å². The zero-order valence-electron chi connectivity index (χ0n) is 17.4. The normalized spacial score (nSPS) is 15.4. The summed E-state index contributed by atoms with van der Waals surface area (Å²) >= 11 is 1.62. The maximum atomic E-state index is 12.4. The van der Waals surface area contributed by atoms with Crippen molar-refractivity contribution in [3.05, 3.63) is 36.0 Å². The molecular formula is C22H29N5OS. The van der Waals surface area contributed by atoms with Crippen LogP contribution in [0.4, 0.5) is 5.13 Å². The Morgan fingerprint density at radius 1 is 1.24 bits per heavy atom. The molecule has 0 unspecified atom stereocenters. The molecule has 4 rings (SSSR count). The van der Waals surface area contributed by atoms with E-state index >= 15 is 0 Å². The summed E-state index contributed by atoms with van der Waals surface area (Å²) in [6.07, 6.45) is 4.79. The molecule has 1 aliphatic heterocycles. The van der Waals surface area contributed by atoms with Gasteiger partial charge in [0.2, 0.25) is 16.0 Å². The molecule has 2 aromatic heterocycles. The molecule has 1 aromatic carbocycles. The van der Waals surface area contributed by atoms with Gasteiger partial charge in [0.1, 0.15) is 0 Å². The lowest BCUT2D eigenvalue weighted by Gasteiger charge is -2.30. The van der Waals surface area contributed by atoms with Gasteiger partial charge in [-0.15, -0.1) is 5.10 Å². The summed E-state index contributed by atoms with van der Waals surface area (Å²) in [7, 11) is 0. The lowest BCUT2D eigenvalue weighted by Crippen LogP contribution is -2.41. The summed E-state index contributed by atoms with van der Waals surface area (Å²) in [5.74, 6) is 0.949. The number of fused-ring (bicyclic) bond motifs is 1. The number of nitrogens with zero attached hydrogens (tertiary/aromatic N) is 4. The summed E-state index contributed by atoms with van der Waals surface area (Å²) in [5, 5.41) is 8.82. The second kappa shape index (κ2) is 8.53. The molecule has 0 atom stereocenters. The number of carbonyl (C=O) groups is 1. The molecule has 1 N–H and O–H groups in total. The first kappa shape index (κ1) is 19.9. The van der Waals surface area contributed by atoms with Crippen molar-refractivity contribution in [1.82, 2.24) is 19.9 Å². The molecular weight excluding hydrogens is 382 g/mol. The maximum absolute atomic E-state index is 12.4. The van der Waals surface area contributed by atoms with Gasteiger partial charge < -0.3 is 10.2 Å². The molecule has 7 heteroatoms. The number of amides is 1. The Morgan fingerprint density at radius 2 is 1.97 bits per heavy atom. The minimum atomic E-state index is 0.121. The van der Waals surface area contributed by atoms with Crippen LogP contribution in [0.25, 0.3) is 16.2 Å². The van der Waals surface area contributed by atoms with Gasteiger partial charge in [-0.2, -0.15) is 0 Å². The second-order valence-corrected chi connectivity index (χ2v) is 9.27. The predicted molar refractivity (Wildman–Crippen MR) is 118 cm³/mol. The third-order valence-corrected chi connectivity index (χ3v) is 6.52. The molecule has 3 heterocycles. The highest BCUT2D eigenvalue weighted by molar-refractivity contribution is 7.20. The Morgan fingerprint density at radius 3 is 2.62 bits per heavy atom. The summed E-state index contributed by atoms with van der Waals surface area (Å²) in [4.78, 5) is 20.3. The largest absolute Gasteiger partial charge is 0.356 e. The van der Waals surface area contributed by atoms with Crippen molar-refractivity contribution in [1.29, 1.82) is 0 Å². The van der Waals surface area contributed by atoms with Gasteiger partial charge in [-0.3, -0.25) is 4.79 Å². The molecule has 0 spiro atoms. The minimum absolute atomic E-state index is 0.121. The number of rotatable bonds is 6. The molecule has 6 nitrogen and oxygen atoms in total. The quantitative estimate of drug-likeness (QED) is 0.662. The van der Waals surface area contributed by atoms with E-state index in [0.29, 0.717) is 5.92 Å². The Kier molecular flexibility index (Phi) is 5.85. The Bertz CT molecular complexity index is 935. The highest BCUT2D eigenvalue weighted by Gasteiger charge is 2.26. The molecule has 0 aliphatic carbocycles. The molecule has 29 heavy (non-hydrogen) atoms. The van der Waals surface area contributed by atoms with Crippen molar-refractivity contribution in [2.24, 2.45) is 11.8 Å². The van der Waals surface area contributed by atoms with Crippen molar-refractivity contribution in [2.75, 3.05) is 24.5 Å². The Labute approximate surface area is 175 Å². The summed E-state index contributed by atoms with van der Waals surface area (Å²) in [6.45, 7) is 8.96. The number of hydrogen-bond acceptors (Lipinski definition) is 5. The number of carbonyl (C=O) groups excluding carboxylic acids is 1. The molecule has 3 aromatic rings. The van der Waals surface area contributed by atoms with Gasteiger partial charge in [0.25, 0.3) is 0 Å². The molecule has 1 saturated heterocycles.